The molecule has 156 valence electrons. The minimum Gasteiger partial charge on any atom is -0.486 e. The molecule has 1 amide bonds. The summed E-state index contributed by atoms with van der Waals surface area (Å²) in [5.74, 6) is 0.653. The summed E-state index contributed by atoms with van der Waals surface area (Å²) < 4.78 is 38.9. The Morgan fingerprint density at radius 2 is 1.79 bits per heavy atom. The minimum atomic E-state index is -3.95. The van der Waals surface area contributed by atoms with Crippen LogP contribution in [0.1, 0.15) is 26.7 Å². The van der Waals surface area contributed by atoms with E-state index >= 15 is 0 Å². The van der Waals surface area contributed by atoms with Crippen molar-refractivity contribution in [3.8, 4) is 11.5 Å². The molecule has 8 heteroatoms. The van der Waals surface area contributed by atoms with Gasteiger partial charge in [-0.25, -0.2) is 8.42 Å². The number of nitrogens with one attached hydrogen (secondary N) is 1. The molecular formula is C21H26N2O5S. The van der Waals surface area contributed by atoms with E-state index in [1.807, 2.05) is 13.8 Å². The Kier molecular flexibility index (Phi) is 6.64. The zero-order valence-corrected chi connectivity index (χ0v) is 17.4. The summed E-state index contributed by atoms with van der Waals surface area (Å²) in [5.41, 5.74) is 0.344. The van der Waals surface area contributed by atoms with Crippen LogP contribution in [0.4, 0.5) is 5.69 Å². The summed E-state index contributed by atoms with van der Waals surface area (Å²) >= 11 is 0. The maximum atomic E-state index is 13.3. The first kappa shape index (κ1) is 21.0. The Balaban J connectivity index is 1.95. The third-order valence-electron chi connectivity index (χ3n) is 4.56. The van der Waals surface area contributed by atoms with Gasteiger partial charge in [-0.1, -0.05) is 31.5 Å². The van der Waals surface area contributed by atoms with Crippen molar-refractivity contribution in [2.75, 3.05) is 24.1 Å². The van der Waals surface area contributed by atoms with Crippen molar-refractivity contribution < 1.29 is 22.7 Å². The van der Waals surface area contributed by atoms with Crippen molar-refractivity contribution >= 4 is 21.6 Å². The van der Waals surface area contributed by atoms with E-state index in [1.54, 1.807) is 36.4 Å². The third kappa shape index (κ3) is 5.00. The van der Waals surface area contributed by atoms with E-state index in [9.17, 15) is 13.2 Å². The molecule has 2 aromatic rings. The highest BCUT2D eigenvalue weighted by Gasteiger charge is 2.28. The summed E-state index contributed by atoms with van der Waals surface area (Å²) in [6.45, 7) is 4.43. The molecule has 1 heterocycles. The van der Waals surface area contributed by atoms with E-state index in [0.29, 0.717) is 30.4 Å². The van der Waals surface area contributed by atoms with Crippen LogP contribution in [0, 0.1) is 0 Å². The van der Waals surface area contributed by atoms with Gasteiger partial charge >= 0.3 is 0 Å². The zero-order chi connectivity index (χ0) is 20.9. The van der Waals surface area contributed by atoms with Crippen molar-refractivity contribution in [3.05, 3.63) is 48.5 Å². The van der Waals surface area contributed by atoms with Gasteiger partial charge in [-0.05, 0) is 37.6 Å². The number of carbonyl (C=O) groups is 1. The Labute approximate surface area is 171 Å². The van der Waals surface area contributed by atoms with E-state index < -0.39 is 10.0 Å². The predicted molar refractivity (Wildman–Crippen MR) is 111 cm³/mol. The zero-order valence-electron chi connectivity index (χ0n) is 16.6. The molecule has 1 aliphatic heterocycles. The maximum absolute atomic E-state index is 13.3. The molecule has 0 fully saturated rings. The van der Waals surface area contributed by atoms with E-state index in [1.165, 1.54) is 12.1 Å². The lowest BCUT2D eigenvalue weighted by atomic mass is 10.2. The van der Waals surface area contributed by atoms with Gasteiger partial charge in [-0.2, -0.15) is 0 Å². The lowest BCUT2D eigenvalue weighted by Gasteiger charge is -2.26. The Hall–Kier alpha value is -2.74. The number of hydrogen-bond donors (Lipinski definition) is 1. The predicted octanol–water partition coefficient (Wildman–Crippen LogP) is 2.96. The first-order chi connectivity index (χ1) is 13.9. The number of ether oxygens (including phenoxy) is 2. The number of hydrogen-bond acceptors (Lipinski definition) is 5. The second-order valence-corrected chi connectivity index (χ2v) is 8.77. The molecule has 0 aliphatic carbocycles. The molecule has 0 aromatic heterocycles. The minimum absolute atomic E-state index is 0.0333. The molecule has 1 aliphatic rings. The fourth-order valence-corrected chi connectivity index (χ4v) is 4.61. The van der Waals surface area contributed by atoms with Crippen LogP contribution in [0.25, 0.3) is 0 Å². The molecule has 1 atom stereocenters. The lowest BCUT2D eigenvalue weighted by molar-refractivity contribution is -0.120. The van der Waals surface area contributed by atoms with Crippen molar-refractivity contribution in [1.82, 2.24) is 5.32 Å². The fraction of sp³-hybridized carbons (Fsp3) is 0.381. The smallest absolute Gasteiger partial charge is 0.264 e. The standard InChI is InChI=1S/C21H26N2O5S/c1-3-7-16(2)22-21(24)15-23(29(25,26)18-8-5-4-6-9-18)17-10-11-19-20(14-17)28-13-12-27-19/h4-6,8-11,14,16H,3,7,12-13,15H2,1-2H3,(H,22,24)/t16-/m1/s1. The van der Waals surface area contributed by atoms with Crippen LogP contribution in [0.5, 0.6) is 11.5 Å². The molecule has 1 N–H and O–H groups in total. The number of carbonyl (C=O) groups excluding carboxylic acids is 1. The van der Waals surface area contributed by atoms with Crippen molar-refractivity contribution in [1.29, 1.82) is 0 Å². The van der Waals surface area contributed by atoms with Crippen LogP contribution in [0.3, 0.4) is 0 Å². The molecule has 2 aromatic carbocycles. The van der Waals surface area contributed by atoms with E-state index in [0.717, 1.165) is 17.1 Å². The van der Waals surface area contributed by atoms with Crippen LogP contribution in [0.15, 0.2) is 53.4 Å². The topological polar surface area (TPSA) is 84.9 Å². The highest BCUT2D eigenvalue weighted by molar-refractivity contribution is 7.92. The quantitative estimate of drug-likeness (QED) is 0.712. The Morgan fingerprint density at radius 1 is 1.10 bits per heavy atom. The molecule has 0 bridgehead atoms. The Morgan fingerprint density at radius 3 is 2.48 bits per heavy atom. The van der Waals surface area contributed by atoms with Crippen molar-refractivity contribution in [2.24, 2.45) is 0 Å². The largest absolute Gasteiger partial charge is 0.486 e. The van der Waals surface area contributed by atoms with Gasteiger partial charge in [-0.3, -0.25) is 9.10 Å². The molecule has 0 saturated carbocycles. The first-order valence-electron chi connectivity index (χ1n) is 9.68. The van der Waals surface area contributed by atoms with Gasteiger partial charge in [0.2, 0.25) is 5.91 Å². The monoisotopic (exact) mass is 418 g/mol. The molecular weight excluding hydrogens is 392 g/mol. The lowest BCUT2D eigenvalue weighted by Crippen LogP contribution is -2.43. The number of sulfonamides is 1. The summed E-state index contributed by atoms with van der Waals surface area (Å²) in [5, 5.41) is 2.87. The van der Waals surface area contributed by atoms with Gasteiger partial charge < -0.3 is 14.8 Å². The van der Waals surface area contributed by atoms with Crippen LogP contribution in [-0.4, -0.2) is 40.1 Å². The number of nitrogens with zero attached hydrogens (tertiary/aromatic N) is 1. The molecule has 0 unspecified atom stereocenters. The van der Waals surface area contributed by atoms with Crippen molar-refractivity contribution in [2.45, 2.75) is 37.6 Å². The van der Waals surface area contributed by atoms with Gasteiger partial charge in [0.15, 0.2) is 11.5 Å². The molecule has 0 spiro atoms. The molecule has 0 saturated heterocycles. The number of amides is 1. The summed E-state index contributed by atoms with van der Waals surface area (Å²) in [7, 11) is -3.95. The molecule has 0 radical (unpaired) electrons. The van der Waals surface area contributed by atoms with Crippen LogP contribution >= 0.6 is 0 Å². The van der Waals surface area contributed by atoms with Crippen molar-refractivity contribution in [3.63, 3.8) is 0 Å². The van der Waals surface area contributed by atoms with Crippen LogP contribution < -0.4 is 19.1 Å². The van der Waals surface area contributed by atoms with Gasteiger partial charge in [0, 0.05) is 12.1 Å². The highest BCUT2D eigenvalue weighted by Crippen LogP contribution is 2.35. The van der Waals surface area contributed by atoms with E-state index in [2.05, 4.69) is 5.32 Å². The SMILES string of the molecule is CCC[C@@H](C)NC(=O)CN(c1ccc2c(c1)OCCO2)S(=O)(=O)c1ccccc1. The molecule has 3 rings (SSSR count). The van der Waals surface area contributed by atoms with Gasteiger partial charge in [0.05, 0.1) is 10.6 Å². The van der Waals surface area contributed by atoms with Crippen LogP contribution in [-0.2, 0) is 14.8 Å². The number of rotatable bonds is 8. The second-order valence-electron chi connectivity index (χ2n) is 6.91. The van der Waals surface area contributed by atoms with Gasteiger partial charge in [0.1, 0.15) is 19.8 Å². The fourth-order valence-electron chi connectivity index (χ4n) is 3.18. The number of benzene rings is 2. The maximum Gasteiger partial charge on any atom is 0.264 e. The van der Waals surface area contributed by atoms with E-state index in [-0.39, 0.29) is 23.4 Å². The third-order valence-corrected chi connectivity index (χ3v) is 6.35. The van der Waals surface area contributed by atoms with Crippen LogP contribution in [0.2, 0.25) is 0 Å². The Bertz CT molecular complexity index is 947. The second kappa shape index (κ2) is 9.17. The average molecular weight is 419 g/mol. The summed E-state index contributed by atoms with van der Waals surface area (Å²) in [4.78, 5) is 12.7. The molecule has 7 nitrogen and oxygen atoms in total. The highest BCUT2D eigenvalue weighted by atomic mass is 32.2. The number of fused-ring (bicyclic) bond motifs is 1. The molecule has 29 heavy (non-hydrogen) atoms. The average Bonchev–Trinajstić information content (AvgIpc) is 2.72. The summed E-state index contributed by atoms with van der Waals surface area (Å²) in [6, 6.07) is 12.9. The van der Waals surface area contributed by atoms with Gasteiger partial charge in [-0.15, -0.1) is 0 Å². The van der Waals surface area contributed by atoms with E-state index in [4.69, 9.17) is 9.47 Å². The number of anilines is 1. The normalized spacial score (nSPS) is 14.1. The summed E-state index contributed by atoms with van der Waals surface area (Å²) in [6.07, 6.45) is 1.75. The van der Waals surface area contributed by atoms with Gasteiger partial charge in [0.25, 0.3) is 10.0 Å². The first-order valence-corrected chi connectivity index (χ1v) is 11.1.